The van der Waals surface area contributed by atoms with Gasteiger partial charge >= 0.3 is 0 Å². The Bertz CT molecular complexity index is 659. The summed E-state index contributed by atoms with van der Waals surface area (Å²) in [5, 5.41) is 9.38. The van der Waals surface area contributed by atoms with Crippen LogP contribution in [0, 0.1) is 5.82 Å². The predicted molar refractivity (Wildman–Crippen MR) is 80.7 cm³/mol. The van der Waals surface area contributed by atoms with Crippen LogP contribution in [0.1, 0.15) is 30.4 Å². The molecule has 2 aromatic rings. The minimum absolute atomic E-state index is 0.209. The Kier molecular flexibility index (Phi) is 3.91. The molecule has 2 nitrogen and oxygen atoms in total. The summed E-state index contributed by atoms with van der Waals surface area (Å²) in [5.74, 6) is 1.30. The topological polar surface area (TPSA) is 29.5 Å². The first kappa shape index (κ1) is 13.7. The maximum atomic E-state index is 14.0. The number of allylic oxidation sites excluding steroid dienone is 1. The zero-order valence-electron chi connectivity index (χ0n) is 11.7. The Morgan fingerprint density at radius 2 is 1.81 bits per heavy atom. The Balaban J connectivity index is 1.99. The summed E-state index contributed by atoms with van der Waals surface area (Å²) in [6.07, 6.45) is 5.56. The van der Waals surface area contributed by atoms with E-state index in [0.29, 0.717) is 23.5 Å². The molecular formula is C18H17FO2. The van der Waals surface area contributed by atoms with Crippen LogP contribution in [-0.2, 0) is 6.42 Å². The van der Waals surface area contributed by atoms with Gasteiger partial charge in [-0.2, -0.15) is 0 Å². The smallest absolute Gasteiger partial charge is 0.133 e. The van der Waals surface area contributed by atoms with Gasteiger partial charge in [-0.15, -0.1) is 0 Å². The van der Waals surface area contributed by atoms with Crippen LogP contribution >= 0.6 is 0 Å². The molecule has 0 saturated heterocycles. The molecule has 1 N–H and O–H groups in total. The van der Waals surface area contributed by atoms with Gasteiger partial charge in [0.2, 0.25) is 0 Å². The molecule has 0 saturated carbocycles. The van der Waals surface area contributed by atoms with Gasteiger partial charge in [0.05, 0.1) is 0 Å². The number of ether oxygens (including phenoxy) is 1. The summed E-state index contributed by atoms with van der Waals surface area (Å²) in [7, 11) is 0. The molecule has 1 aliphatic heterocycles. The second-order valence-corrected chi connectivity index (χ2v) is 5.18. The molecule has 0 fully saturated rings. The van der Waals surface area contributed by atoms with Gasteiger partial charge in [0.15, 0.2) is 0 Å². The van der Waals surface area contributed by atoms with Crippen LogP contribution < -0.4 is 4.74 Å². The van der Waals surface area contributed by atoms with E-state index in [9.17, 15) is 9.50 Å². The number of rotatable bonds is 1. The molecule has 21 heavy (non-hydrogen) atoms. The van der Waals surface area contributed by atoms with Gasteiger partial charge in [-0.25, -0.2) is 4.39 Å². The number of hydrogen-bond donors (Lipinski definition) is 1. The molecule has 1 heterocycles. The number of halogens is 1. The van der Waals surface area contributed by atoms with E-state index in [1.54, 1.807) is 36.4 Å². The van der Waals surface area contributed by atoms with Crippen molar-refractivity contribution in [1.82, 2.24) is 0 Å². The maximum Gasteiger partial charge on any atom is 0.133 e. The van der Waals surface area contributed by atoms with Gasteiger partial charge in [-0.05, 0) is 68.2 Å². The van der Waals surface area contributed by atoms with Crippen LogP contribution in [0.2, 0.25) is 0 Å². The molecule has 0 unspecified atom stereocenters. The Hall–Kier alpha value is -2.29. The van der Waals surface area contributed by atoms with Crippen LogP contribution in [0.4, 0.5) is 4.39 Å². The van der Waals surface area contributed by atoms with E-state index in [2.05, 4.69) is 0 Å². The van der Waals surface area contributed by atoms with Crippen molar-refractivity contribution in [2.75, 3.05) is 0 Å². The van der Waals surface area contributed by atoms with Crippen LogP contribution in [0.3, 0.4) is 0 Å². The van der Waals surface area contributed by atoms with Crippen LogP contribution in [-0.4, -0.2) is 5.11 Å². The second kappa shape index (κ2) is 6.00. The van der Waals surface area contributed by atoms with E-state index in [-0.39, 0.29) is 11.6 Å². The highest BCUT2D eigenvalue weighted by atomic mass is 19.1. The third-order valence-electron chi connectivity index (χ3n) is 3.66. The molecule has 0 spiro atoms. The van der Waals surface area contributed by atoms with Crippen molar-refractivity contribution >= 4 is 5.76 Å². The first-order valence-electron chi connectivity index (χ1n) is 7.19. The van der Waals surface area contributed by atoms with Crippen molar-refractivity contribution in [1.29, 1.82) is 0 Å². The summed E-state index contributed by atoms with van der Waals surface area (Å²) in [5.41, 5.74) is 1.52. The van der Waals surface area contributed by atoms with Crippen LogP contribution in [0.5, 0.6) is 11.5 Å². The van der Waals surface area contributed by atoms with Crippen molar-refractivity contribution in [3.63, 3.8) is 0 Å². The molecule has 3 rings (SSSR count). The van der Waals surface area contributed by atoms with Crippen molar-refractivity contribution in [2.45, 2.75) is 25.7 Å². The minimum Gasteiger partial charge on any atom is -0.508 e. The predicted octanol–water partition coefficient (Wildman–Crippen LogP) is 4.68. The molecule has 0 aliphatic carbocycles. The number of phenolic OH excluding ortho intramolecular Hbond substituents is 1. The largest absolute Gasteiger partial charge is 0.508 e. The SMILES string of the molecule is Oc1ccc(/C2=C\CCCCc3c(F)cccc3O2)cc1. The standard InChI is InChI=1S/C18H17FO2/c19-16-6-4-8-18-15(16)5-2-1-3-7-17(21-18)13-9-11-14(20)12-10-13/h4,6-12,20H,1-3,5H2/b17-7+. The number of benzene rings is 2. The monoisotopic (exact) mass is 284 g/mol. The summed E-state index contributed by atoms with van der Waals surface area (Å²) in [6.45, 7) is 0. The molecule has 1 aliphatic rings. The Labute approximate surface area is 123 Å². The lowest BCUT2D eigenvalue weighted by Crippen LogP contribution is -1.99. The fraction of sp³-hybridized carbons (Fsp3) is 0.222. The van der Waals surface area contributed by atoms with E-state index in [0.717, 1.165) is 24.8 Å². The molecule has 0 bridgehead atoms. The number of hydrogen-bond acceptors (Lipinski definition) is 2. The lowest BCUT2D eigenvalue weighted by molar-refractivity contribution is 0.474. The summed E-state index contributed by atoms with van der Waals surface area (Å²) in [4.78, 5) is 0. The minimum atomic E-state index is -0.209. The van der Waals surface area contributed by atoms with E-state index in [1.165, 1.54) is 6.07 Å². The average molecular weight is 284 g/mol. The van der Waals surface area contributed by atoms with Gasteiger partial charge in [0, 0.05) is 11.1 Å². The Morgan fingerprint density at radius 3 is 2.62 bits per heavy atom. The first-order chi connectivity index (χ1) is 10.2. The third kappa shape index (κ3) is 3.07. The number of fused-ring (bicyclic) bond motifs is 1. The molecule has 108 valence electrons. The maximum absolute atomic E-state index is 14.0. The van der Waals surface area contributed by atoms with E-state index >= 15 is 0 Å². The van der Waals surface area contributed by atoms with Gasteiger partial charge < -0.3 is 9.84 Å². The first-order valence-corrected chi connectivity index (χ1v) is 7.19. The highest BCUT2D eigenvalue weighted by molar-refractivity contribution is 5.63. The van der Waals surface area contributed by atoms with Gasteiger partial charge in [-0.1, -0.05) is 6.07 Å². The molecule has 0 radical (unpaired) electrons. The van der Waals surface area contributed by atoms with E-state index in [1.807, 2.05) is 6.08 Å². The quantitative estimate of drug-likeness (QED) is 0.824. The Morgan fingerprint density at radius 1 is 1.00 bits per heavy atom. The van der Waals surface area contributed by atoms with E-state index < -0.39 is 0 Å². The average Bonchev–Trinajstić information content (AvgIpc) is 2.59. The zero-order valence-corrected chi connectivity index (χ0v) is 11.7. The molecule has 3 heteroatoms. The summed E-state index contributed by atoms with van der Waals surface area (Å²) in [6, 6.07) is 11.8. The van der Waals surface area contributed by atoms with E-state index in [4.69, 9.17) is 4.74 Å². The molecule has 0 atom stereocenters. The van der Waals surface area contributed by atoms with Crippen molar-refractivity contribution < 1.29 is 14.2 Å². The fourth-order valence-electron chi connectivity index (χ4n) is 2.52. The van der Waals surface area contributed by atoms with Crippen LogP contribution in [0.15, 0.2) is 48.5 Å². The van der Waals surface area contributed by atoms with Crippen LogP contribution in [0.25, 0.3) is 5.76 Å². The zero-order chi connectivity index (χ0) is 14.7. The van der Waals surface area contributed by atoms with Crippen molar-refractivity contribution in [3.8, 4) is 11.5 Å². The molecule has 0 aromatic heterocycles. The van der Waals surface area contributed by atoms with Crippen molar-refractivity contribution in [2.24, 2.45) is 0 Å². The molecule has 0 amide bonds. The molecule has 2 aromatic carbocycles. The normalized spacial score (nSPS) is 17.5. The lowest BCUT2D eigenvalue weighted by atomic mass is 10.1. The number of aromatic hydroxyl groups is 1. The fourth-order valence-corrected chi connectivity index (χ4v) is 2.52. The molecular weight excluding hydrogens is 267 g/mol. The van der Waals surface area contributed by atoms with Gasteiger partial charge in [0.25, 0.3) is 0 Å². The van der Waals surface area contributed by atoms with Gasteiger partial charge in [-0.3, -0.25) is 0 Å². The number of phenols is 1. The van der Waals surface area contributed by atoms with Gasteiger partial charge in [0.1, 0.15) is 23.1 Å². The summed E-state index contributed by atoms with van der Waals surface area (Å²) >= 11 is 0. The summed E-state index contributed by atoms with van der Waals surface area (Å²) < 4.78 is 19.9. The highest BCUT2D eigenvalue weighted by Gasteiger charge is 2.14. The lowest BCUT2D eigenvalue weighted by Gasteiger charge is -2.13. The highest BCUT2D eigenvalue weighted by Crippen LogP contribution is 2.30. The third-order valence-corrected chi connectivity index (χ3v) is 3.66. The van der Waals surface area contributed by atoms with Crippen molar-refractivity contribution in [3.05, 3.63) is 65.5 Å². The second-order valence-electron chi connectivity index (χ2n) is 5.18.